The molecule has 0 radical (unpaired) electrons. The van der Waals surface area contributed by atoms with Gasteiger partial charge in [0.15, 0.2) is 0 Å². The minimum Gasteiger partial charge on any atom is -0.466 e. The Morgan fingerprint density at radius 1 is 0.325 bits per heavy atom. The van der Waals surface area contributed by atoms with E-state index in [9.17, 15) is 19.8 Å². The van der Waals surface area contributed by atoms with Gasteiger partial charge < -0.3 is 20.3 Å². The topological polar surface area (TPSA) is 95.9 Å². The molecule has 0 bridgehead atoms. The van der Waals surface area contributed by atoms with E-state index in [4.69, 9.17) is 4.74 Å². The van der Waals surface area contributed by atoms with Crippen molar-refractivity contribution in [3.63, 3.8) is 0 Å². The van der Waals surface area contributed by atoms with Gasteiger partial charge in [-0.05, 0) is 57.8 Å². The number of hydrogen-bond donors (Lipinski definition) is 3. The molecule has 0 heterocycles. The smallest absolute Gasteiger partial charge is 0.305 e. The molecule has 0 aliphatic heterocycles. The summed E-state index contributed by atoms with van der Waals surface area (Å²) in [6, 6.07) is -0.626. The Balaban J connectivity index is 3.36. The molecule has 0 aromatic heterocycles. The minimum absolute atomic E-state index is 0.0204. The van der Waals surface area contributed by atoms with Crippen LogP contribution in [0.1, 0.15) is 431 Å². The van der Waals surface area contributed by atoms with Gasteiger partial charge in [-0.15, -0.1) is 0 Å². The number of carbonyl (C=O) groups excluding carboxylic acids is 2. The van der Waals surface area contributed by atoms with Crippen LogP contribution in [0.3, 0.4) is 0 Å². The average Bonchev–Trinajstić information content (AvgIpc) is 3.50. The number of aliphatic hydroxyl groups excluding tert-OH is 2. The summed E-state index contributed by atoms with van der Waals surface area (Å²) in [5.74, 6) is -0.0396. The first-order valence-corrected chi connectivity index (χ1v) is 38.1. The monoisotopic (exact) mass is 1170 g/mol. The molecule has 0 saturated heterocycles. The van der Waals surface area contributed by atoms with Gasteiger partial charge in [0.05, 0.1) is 25.4 Å². The predicted molar refractivity (Wildman–Crippen MR) is 366 cm³/mol. The van der Waals surface area contributed by atoms with Crippen LogP contribution in [-0.2, 0) is 14.3 Å². The highest BCUT2D eigenvalue weighted by Gasteiger charge is 2.18. The Labute approximate surface area is 520 Å². The average molecular weight is 1170 g/mol. The molecular formula is C77H149NO5. The first-order chi connectivity index (χ1) is 41.0. The zero-order chi connectivity index (χ0) is 59.9. The van der Waals surface area contributed by atoms with E-state index in [1.807, 2.05) is 6.08 Å². The zero-order valence-corrected chi connectivity index (χ0v) is 56.5. The van der Waals surface area contributed by atoms with Crippen LogP contribution in [0.25, 0.3) is 0 Å². The Bertz CT molecular complexity index is 1300. The molecule has 0 aliphatic carbocycles. The molecular weight excluding hydrogens is 1020 g/mol. The van der Waals surface area contributed by atoms with Crippen molar-refractivity contribution in [3.8, 4) is 0 Å². The number of aliphatic hydroxyl groups is 2. The molecule has 6 heteroatoms. The fraction of sp³-hybridized carbons (Fsp3) is 0.922. The lowest BCUT2D eigenvalue weighted by Crippen LogP contribution is -2.45. The summed E-state index contributed by atoms with van der Waals surface area (Å²) in [6.07, 6.45) is 92.9. The number of amides is 1. The van der Waals surface area contributed by atoms with Gasteiger partial charge in [0.25, 0.3) is 0 Å². The van der Waals surface area contributed by atoms with Crippen molar-refractivity contribution in [2.45, 2.75) is 443 Å². The summed E-state index contributed by atoms with van der Waals surface area (Å²) in [7, 11) is 0. The van der Waals surface area contributed by atoms with Gasteiger partial charge in [-0.25, -0.2) is 0 Å². The quantitative estimate of drug-likeness (QED) is 0.0320. The molecule has 2 atom stereocenters. The van der Waals surface area contributed by atoms with Crippen LogP contribution < -0.4 is 5.32 Å². The maximum absolute atomic E-state index is 12.5. The number of ether oxygens (including phenoxy) is 1. The normalized spacial score (nSPS) is 12.6. The van der Waals surface area contributed by atoms with Crippen molar-refractivity contribution in [3.05, 3.63) is 24.3 Å². The van der Waals surface area contributed by atoms with E-state index in [0.29, 0.717) is 19.4 Å². The standard InChI is InChI=1S/C77H149NO5/c1-3-5-7-9-11-13-15-16-17-18-19-37-40-43-46-50-53-57-61-65-69-75(80)74(73-79)78-76(81)70-66-62-58-54-51-47-44-41-38-35-33-31-29-27-25-23-21-20-22-24-26-28-30-32-34-36-39-42-45-48-52-56-60-64-68-72-83-77(82)71-67-63-59-55-49-14-12-10-8-6-4-2/h22,24,65,69,74-75,79-80H,3-21,23,25-64,66-68,70-73H2,1-2H3,(H,78,81)/b24-22-,69-65+. The maximum atomic E-state index is 12.5. The molecule has 6 nitrogen and oxygen atoms in total. The van der Waals surface area contributed by atoms with Crippen molar-refractivity contribution in [1.82, 2.24) is 5.32 Å². The molecule has 0 aliphatic rings. The van der Waals surface area contributed by atoms with Crippen molar-refractivity contribution in [1.29, 1.82) is 0 Å². The second kappa shape index (κ2) is 72.8. The summed E-state index contributed by atoms with van der Waals surface area (Å²) in [5, 5.41) is 23.3. The van der Waals surface area contributed by atoms with Gasteiger partial charge in [0.2, 0.25) is 5.91 Å². The van der Waals surface area contributed by atoms with Crippen molar-refractivity contribution in [2.75, 3.05) is 13.2 Å². The number of allylic oxidation sites excluding steroid dienone is 3. The third kappa shape index (κ3) is 69.3. The van der Waals surface area contributed by atoms with E-state index in [1.165, 1.54) is 366 Å². The maximum Gasteiger partial charge on any atom is 0.305 e. The zero-order valence-electron chi connectivity index (χ0n) is 56.5. The summed E-state index contributed by atoms with van der Waals surface area (Å²) in [6.45, 7) is 4.95. The van der Waals surface area contributed by atoms with Crippen molar-refractivity contribution in [2.24, 2.45) is 0 Å². The second-order valence-corrected chi connectivity index (χ2v) is 26.3. The van der Waals surface area contributed by atoms with E-state index >= 15 is 0 Å². The van der Waals surface area contributed by atoms with E-state index in [0.717, 1.165) is 38.5 Å². The lowest BCUT2D eigenvalue weighted by molar-refractivity contribution is -0.143. The number of hydrogen-bond acceptors (Lipinski definition) is 5. The molecule has 0 aromatic carbocycles. The predicted octanol–water partition coefficient (Wildman–Crippen LogP) is 24.9. The largest absolute Gasteiger partial charge is 0.466 e. The van der Waals surface area contributed by atoms with E-state index in [1.54, 1.807) is 6.08 Å². The summed E-state index contributed by atoms with van der Waals surface area (Å²) in [4.78, 5) is 24.5. The minimum atomic E-state index is -0.842. The number of nitrogens with one attached hydrogen (secondary N) is 1. The van der Waals surface area contributed by atoms with Crippen molar-refractivity contribution >= 4 is 11.9 Å². The fourth-order valence-corrected chi connectivity index (χ4v) is 12.2. The van der Waals surface area contributed by atoms with Gasteiger partial charge >= 0.3 is 5.97 Å². The number of rotatable bonds is 72. The molecule has 2 unspecified atom stereocenters. The van der Waals surface area contributed by atoms with Crippen LogP contribution in [0.15, 0.2) is 24.3 Å². The number of carbonyl (C=O) groups is 2. The van der Waals surface area contributed by atoms with E-state index < -0.39 is 12.1 Å². The van der Waals surface area contributed by atoms with Gasteiger partial charge in [-0.2, -0.15) is 0 Å². The van der Waals surface area contributed by atoms with Gasteiger partial charge in [-0.1, -0.05) is 385 Å². The lowest BCUT2D eigenvalue weighted by atomic mass is 10.0. The Morgan fingerprint density at radius 3 is 0.855 bits per heavy atom. The van der Waals surface area contributed by atoms with Crippen LogP contribution in [-0.4, -0.2) is 47.4 Å². The highest BCUT2D eigenvalue weighted by atomic mass is 16.5. The number of unbranched alkanes of at least 4 members (excludes halogenated alkanes) is 59. The highest BCUT2D eigenvalue weighted by Crippen LogP contribution is 2.19. The summed E-state index contributed by atoms with van der Waals surface area (Å²) >= 11 is 0. The van der Waals surface area contributed by atoms with Gasteiger partial charge in [0, 0.05) is 12.8 Å². The fourth-order valence-electron chi connectivity index (χ4n) is 12.2. The van der Waals surface area contributed by atoms with Crippen LogP contribution in [0.2, 0.25) is 0 Å². The summed E-state index contributed by atoms with van der Waals surface area (Å²) < 4.78 is 5.48. The molecule has 0 fully saturated rings. The number of esters is 1. The van der Waals surface area contributed by atoms with E-state index in [-0.39, 0.29) is 18.5 Å². The third-order valence-corrected chi connectivity index (χ3v) is 18.0. The molecule has 0 aromatic rings. The first kappa shape index (κ1) is 81.3. The molecule has 0 saturated carbocycles. The van der Waals surface area contributed by atoms with Crippen molar-refractivity contribution < 1.29 is 24.5 Å². The molecule has 492 valence electrons. The third-order valence-electron chi connectivity index (χ3n) is 18.0. The highest BCUT2D eigenvalue weighted by molar-refractivity contribution is 5.76. The lowest BCUT2D eigenvalue weighted by Gasteiger charge is -2.20. The molecule has 1 amide bonds. The first-order valence-electron chi connectivity index (χ1n) is 38.1. The van der Waals surface area contributed by atoms with Crippen LogP contribution in [0.4, 0.5) is 0 Å². The Morgan fingerprint density at radius 2 is 0.566 bits per heavy atom. The van der Waals surface area contributed by atoms with Crippen LogP contribution in [0.5, 0.6) is 0 Å². The summed E-state index contributed by atoms with van der Waals surface area (Å²) in [5.41, 5.74) is 0. The Hall–Kier alpha value is -1.66. The van der Waals surface area contributed by atoms with E-state index in [2.05, 4.69) is 31.3 Å². The Kier molecular flexibility index (Phi) is 71.4. The van der Waals surface area contributed by atoms with Gasteiger partial charge in [0.1, 0.15) is 0 Å². The molecule has 0 rings (SSSR count). The van der Waals surface area contributed by atoms with Crippen LogP contribution in [0, 0.1) is 0 Å². The van der Waals surface area contributed by atoms with Gasteiger partial charge in [-0.3, -0.25) is 9.59 Å². The SMILES string of the molecule is CCCCCCCCCCCCCCCCCCCC/C=C/C(O)C(CO)NC(=O)CCCCCCCCCCCCCCCCCCC/C=C\CCCCCCCCCCCCCCCCOC(=O)CCCCCCCCCCCCC. The second-order valence-electron chi connectivity index (χ2n) is 26.3. The van der Waals surface area contributed by atoms with Crippen LogP contribution >= 0.6 is 0 Å². The molecule has 0 spiro atoms. The molecule has 3 N–H and O–H groups in total. The molecule has 83 heavy (non-hydrogen) atoms.